The molecule has 0 aliphatic heterocycles. The molecule has 0 aliphatic rings. The maximum absolute atomic E-state index is 10.1. The molecule has 1 heterocycles. The average Bonchev–Trinajstić information content (AvgIpc) is 2.89. The van der Waals surface area contributed by atoms with E-state index in [-0.39, 0.29) is 11.2 Å². The fourth-order valence-corrected chi connectivity index (χ4v) is 2.44. The normalized spacial score (nSPS) is 12.0. The van der Waals surface area contributed by atoms with Crippen LogP contribution in [0.15, 0.2) is 36.4 Å². The second kappa shape index (κ2) is 5.13. The fraction of sp³-hybridized carbons (Fsp3) is 0.333. The highest BCUT2D eigenvalue weighted by Crippen LogP contribution is 2.27. The van der Waals surface area contributed by atoms with Gasteiger partial charge in [0.05, 0.1) is 0 Å². The molecule has 0 amide bonds. The first kappa shape index (κ1) is 14.6. The van der Waals surface area contributed by atoms with Crippen molar-refractivity contribution in [3.63, 3.8) is 0 Å². The van der Waals surface area contributed by atoms with Gasteiger partial charge in [0.25, 0.3) is 0 Å². The Morgan fingerprint density at radius 3 is 2.41 bits per heavy atom. The number of aromatic hydroxyl groups is 1. The molecule has 0 spiro atoms. The lowest BCUT2D eigenvalue weighted by Gasteiger charge is -2.18. The van der Waals surface area contributed by atoms with Gasteiger partial charge < -0.3 is 5.11 Å². The summed E-state index contributed by atoms with van der Waals surface area (Å²) in [4.78, 5) is 1.52. The van der Waals surface area contributed by atoms with Gasteiger partial charge in [-0.2, -0.15) is 0 Å². The molecule has 0 unspecified atom stereocenters. The number of fused-ring (bicyclic) bond motifs is 1. The lowest BCUT2D eigenvalue weighted by atomic mass is 9.87. The quantitative estimate of drug-likeness (QED) is 0.778. The molecule has 4 heteroatoms. The Bertz CT molecular complexity index is 828. The predicted molar refractivity (Wildman–Crippen MR) is 88.6 cm³/mol. The highest BCUT2D eigenvalue weighted by Gasteiger charge is 2.16. The summed E-state index contributed by atoms with van der Waals surface area (Å²) in [6.45, 7) is 8.61. The van der Waals surface area contributed by atoms with E-state index in [1.54, 1.807) is 6.07 Å². The summed E-state index contributed by atoms with van der Waals surface area (Å²) in [6.07, 6.45) is 0.905. The highest BCUT2D eigenvalue weighted by molar-refractivity contribution is 5.75. The molecule has 3 rings (SSSR count). The molecule has 0 fully saturated rings. The smallest absolute Gasteiger partial charge is 0.143 e. The Morgan fingerprint density at radius 2 is 1.73 bits per heavy atom. The van der Waals surface area contributed by atoms with Crippen LogP contribution in [0.5, 0.6) is 5.75 Å². The Morgan fingerprint density at radius 1 is 1.00 bits per heavy atom. The van der Waals surface area contributed by atoms with Crippen LogP contribution in [-0.2, 0) is 11.8 Å². The molecule has 22 heavy (non-hydrogen) atoms. The minimum atomic E-state index is 0.0717. The topological polar surface area (TPSA) is 50.9 Å². The van der Waals surface area contributed by atoms with Crippen molar-refractivity contribution in [3.05, 3.63) is 47.5 Å². The zero-order valence-electron chi connectivity index (χ0n) is 13.5. The van der Waals surface area contributed by atoms with Gasteiger partial charge in [0, 0.05) is 0 Å². The van der Waals surface area contributed by atoms with Gasteiger partial charge >= 0.3 is 0 Å². The Balaban J connectivity index is 2.13. The van der Waals surface area contributed by atoms with Crippen LogP contribution in [0, 0.1) is 0 Å². The van der Waals surface area contributed by atoms with Crippen LogP contribution in [0.3, 0.4) is 0 Å². The molecule has 0 atom stereocenters. The van der Waals surface area contributed by atoms with Gasteiger partial charge in [-0.1, -0.05) is 39.8 Å². The number of aromatic nitrogens is 3. The number of hydrogen-bond donors (Lipinski definition) is 1. The van der Waals surface area contributed by atoms with E-state index >= 15 is 0 Å². The van der Waals surface area contributed by atoms with Crippen molar-refractivity contribution in [1.29, 1.82) is 0 Å². The first-order valence-electron chi connectivity index (χ1n) is 7.58. The van der Waals surface area contributed by atoms with Gasteiger partial charge in [-0.25, -0.2) is 0 Å². The molecule has 1 N–H and O–H groups in total. The van der Waals surface area contributed by atoms with E-state index in [1.807, 2.05) is 18.2 Å². The summed E-state index contributed by atoms with van der Waals surface area (Å²) in [5.41, 5.74) is 4.72. The summed E-state index contributed by atoms with van der Waals surface area (Å²) < 4.78 is 0. The van der Waals surface area contributed by atoms with Crippen LogP contribution in [0.4, 0.5) is 0 Å². The number of aryl methyl sites for hydroxylation is 1. The maximum Gasteiger partial charge on any atom is 0.143 e. The fourth-order valence-electron chi connectivity index (χ4n) is 2.44. The summed E-state index contributed by atoms with van der Waals surface area (Å²) in [7, 11) is 0. The largest absolute Gasteiger partial charge is 0.506 e. The van der Waals surface area contributed by atoms with E-state index in [1.165, 1.54) is 10.4 Å². The lowest BCUT2D eigenvalue weighted by molar-refractivity contribution is 0.467. The second-order valence-electron chi connectivity index (χ2n) is 6.62. The van der Waals surface area contributed by atoms with Crippen molar-refractivity contribution in [2.75, 3.05) is 0 Å². The van der Waals surface area contributed by atoms with Crippen LogP contribution < -0.4 is 0 Å². The van der Waals surface area contributed by atoms with E-state index in [2.05, 4.69) is 50.0 Å². The van der Waals surface area contributed by atoms with Crippen molar-refractivity contribution < 1.29 is 5.11 Å². The minimum Gasteiger partial charge on any atom is -0.506 e. The number of rotatable bonds is 2. The highest BCUT2D eigenvalue weighted by atomic mass is 16.3. The van der Waals surface area contributed by atoms with E-state index in [9.17, 15) is 5.11 Å². The van der Waals surface area contributed by atoms with E-state index in [0.29, 0.717) is 5.69 Å². The third-order valence-corrected chi connectivity index (χ3v) is 3.91. The Labute approximate surface area is 130 Å². The molecule has 0 aliphatic carbocycles. The maximum atomic E-state index is 10.1. The van der Waals surface area contributed by atoms with Crippen molar-refractivity contribution in [2.24, 2.45) is 0 Å². The zero-order valence-corrected chi connectivity index (χ0v) is 13.5. The first-order chi connectivity index (χ1) is 10.4. The van der Waals surface area contributed by atoms with Gasteiger partial charge in [-0.05, 0) is 47.2 Å². The summed E-state index contributed by atoms with van der Waals surface area (Å²) in [5, 5.41) is 19.1. The number of benzene rings is 2. The molecular weight excluding hydrogens is 274 g/mol. The third-order valence-electron chi connectivity index (χ3n) is 3.91. The van der Waals surface area contributed by atoms with E-state index in [0.717, 1.165) is 23.0 Å². The first-order valence-corrected chi connectivity index (χ1v) is 7.58. The van der Waals surface area contributed by atoms with Crippen molar-refractivity contribution >= 4 is 11.0 Å². The molecule has 0 bridgehead atoms. The molecule has 1 aromatic heterocycles. The van der Waals surface area contributed by atoms with Crippen LogP contribution in [-0.4, -0.2) is 20.1 Å². The molecule has 0 radical (unpaired) electrons. The van der Waals surface area contributed by atoms with Crippen LogP contribution in [0.25, 0.3) is 16.7 Å². The van der Waals surface area contributed by atoms with Gasteiger partial charge in [0.1, 0.15) is 22.5 Å². The molecular formula is C18H21N3O. The SMILES string of the molecule is CCc1ccc(O)c(-n2nc3ccc(C(C)(C)C)cc3n2)c1. The molecule has 4 nitrogen and oxygen atoms in total. The zero-order chi connectivity index (χ0) is 15.9. The van der Waals surface area contributed by atoms with Gasteiger partial charge in [0.2, 0.25) is 0 Å². The van der Waals surface area contributed by atoms with Gasteiger partial charge in [0.15, 0.2) is 0 Å². The van der Waals surface area contributed by atoms with Crippen molar-refractivity contribution in [2.45, 2.75) is 39.5 Å². The lowest BCUT2D eigenvalue weighted by Crippen LogP contribution is -2.10. The summed E-state index contributed by atoms with van der Waals surface area (Å²) in [5.74, 6) is 0.188. The number of nitrogens with zero attached hydrogens (tertiary/aromatic N) is 3. The van der Waals surface area contributed by atoms with Gasteiger partial charge in [-0.15, -0.1) is 15.0 Å². The molecule has 0 saturated heterocycles. The molecule has 114 valence electrons. The molecule has 2 aromatic carbocycles. The minimum absolute atomic E-state index is 0.0717. The number of phenolic OH excluding ortho intramolecular Hbond substituents is 1. The van der Waals surface area contributed by atoms with Crippen molar-refractivity contribution in [1.82, 2.24) is 15.0 Å². The molecule has 3 aromatic rings. The Kier molecular flexibility index (Phi) is 3.39. The van der Waals surface area contributed by atoms with Crippen LogP contribution in [0.2, 0.25) is 0 Å². The van der Waals surface area contributed by atoms with E-state index < -0.39 is 0 Å². The monoisotopic (exact) mass is 295 g/mol. The Hall–Kier alpha value is -2.36. The average molecular weight is 295 g/mol. The summed E-state index contributed by atoms with van der Waals surface area (Å²) in [6, 6.07) is 11.7. The van der Waals surface area contributed by atoms with Crippen LogP contribution in [0.1, 0.15) is 38.8 Å². The summed E-state index contributed by atoms with van der Waals surface area (Å²) >= 11 is 0. The number of phenols is 1. The standard InChI is InChI=1S/C18H21N3O/c1-5-12-6-9-17(22)16(10-12)21-19-14-8-7-13(18(2,3)4)11-15(14)20-21/h6-11,22H,5H2,1-4H3. The molecule has 0 saturated carbocycles. The van der Waals surface area contributed by atoms with E-state index in [4.69, 9.17) is 0 Å². The van der Waals surface area contributed by atoms with Gasteiger partial charge in [-0.3, -0.25) is 0 Å². The predicted octanol–water partition coefficient (Wildman–Crippen LogP) is 3.99. The van der Waals surface area contributed by atoms with Crippen LogP contribution >= 0.6 is 0 Å². The van der Waals surface area contributed by atoms with Crippen molar-refractivity contribution in [3.8, 4) is 11.4 Å². The third kappa shape index (κ3) is 2.56. The second-order valence-corrected chi connectivity index (χ2v) is 6.62. The number of hydrogen-bond acceptors (Lipinski definition) is 3.